The third-order valence-electron chi connectivity index (χ3n) is 9.86. The largest absolute Gasteiger partial charge is 0.456 e. The fourth-order valence-electron chi connectivity index (χ4n) is 7.51. The highest BCUT2D eigenvalue weighted by atomic mass is 32.1. The summed E-state index contributed by atoms with van der Waals surface area (Å²) in [5.74, 6) is 0.623. The lowest BCUT2D eigenvalue weighted by molar-refractivity contribution is 0.623. The molecule has 0 aliphatic rings. The minimum atomic E-state index is 0.623. The molecule has 0 fully saturated rings. The van der Waals surface area contributed by atoms with Crippen molar-refractivity contribution in [3.63, 3.8) is 0 Å². The molecule has 0 saturated heterocycles. The maximum Gasteiger partial charge on any atom is 0.227 e. The number of rotatable bonds is 4. The predicted molar refractivity (Wildman–Crippen MR) is 209 cm³/mol. The van der Waals surface area contributed by atoms with Crippen LogP contribution in [0, 0.1) is 0 Å². The van der Waals surface area contributed by atoms with Crippen molar-refractivity contribution >= 4 is 103 Å². The lowest BCUT2D eigenvalue weighted by Gasteiger charge is -2.26. The van der Waals surface area contributed by atoms with E-state index in [1.54, 1.807) is 0 Å². The Morgan fingerprint density at radius 2 is 1.12 bits per heavy atom. The zero-order chi connectivity index (χ0) is 32.8. The van der Waals surface area contributed by atoms with Crippen molar-refractivity contribution in [2.24, 2.45) is 0 Å². The molecule has 3 heterocycles. The number of furan rings is 1. The summed E-state index contributed by atoms with van der Waals surface area (Å²) in [7, 11) is 0. The lowest BCUT2D eigenvalue weighted by atomic mass is 10.00. The van der Waals surface area contributed by atoms with E-state index in [1.165, 1.54) is 20.2 Å². The van der Waals surface area contributed by atoms with Gasteiger partial charge >= 0.3 is 0 Å². The average molecular weight is 659 g/mol. The molecule has 50 heavy (non-hydrogen) atoms. The summed E-state index contributed by atoms with van der Waals surface area (Å²) in [4.78, 5) is 7.24. The molecule has 11 rings (SSSR count). The molecule has 0 aliphatic carbocycles. The second kappa shape index (κ2) is 10.5. The highest BCUT2D eigenvalue weighted by Crippen LogP contribution is 2.44. The molecule has 0 N–H and O–H groups in total. The molecule has 0 radical (unpaired) electrons. The number of para-hydroxylation sites is 1. The van der Waals surface area contributed by atoms with E-state index in [2.05, 4.69) is 120 Å². The van der Waals surface area contributed by atoms with E-state index in [9.17, 15) is 0 Å². The van der Waals surface area contributed by atoms with Gasteiger partial charge in [0.2, 0.25) is 5.89 Å². The molecule has 4 nitrogen and oxygen atoms in total. The second-order valence-corrected chi connectivity index (χ2v) is 13.8. The summed E-state index contributed by atoms with van der Waals surface area (Å²) in [6.45, 7) is 0. The Hall–Kier alpha value is -6.43. The standard InChI is InChI=1S/C45H26N2O2S/c1-2-8-29(9-3-1)45-46-38-22-17-28-15-14-27-16-18-30(24-36(27)43(28)44(38)49-45)47(31-20-23-42-37(25-31)35-11-5-7-13-41(35)50-42)32-19-21-34-33-10-4-6-12-39(33)48-40(34)26-32/h1-26H. The maximum atomic E-state index is 6.57. The van der Waals surface area contributed by atoms with E-state index in [-0.39, 0.29) is 0 Å². The van der Waals surface area contributed by atoms with Crippen LogP contribution < -0.4 is 4.90 Å². The third-order valence-corrected chi connectivity index (χ3v) is 11.0. The minimum absolute atomic E-state index is 0.623. The fourth-order valence-corrected chi connectivity index (χ4v) is 8.59. The van der Waals surface area contributed by atoms with Crippen molar-refractivity contribution in [3.05, 3.63) is 158 Å². The monoisotopic (exact) mass is 658 g/mol. The summed E-state index contributed by atoms with van der Waals surface area (Å²) < 4.78 is 15.5. The Bertz CT molecular complexity index is 3120. The van der Waals surface area contributed by atoms with Crippen LogP contribution in [0.2, 0.25) is 0 Å². The normalized spacial score (nSPS) is 12.0. The number of nitrogens with zero attached hydrogens (tertiary/aromatic N) is 2. The predicted octanol–water partition coefficient (Wildman–Crippen LogP) is 13.5. The van der Waals surface area contributed by atoms with Gasteiger partial charge in [-0.1, -0.05) is 78.9 Å². The van der Waals surface area contributed by atoms with Crippen LogP contribution >= 0.6 is 11.3 Å². The van der Waals surface area contributed by atoms with Gasteiger partial charge < -0.3 is 13.7 Å². The molecule has 0 spiro atoms. The van der Waals surface area contributed by atoms with Gasteiger partial charge in [-0.05, 0) is 89.0 Å². The van der Waals surface area contributed by atoms with Crippen molar-refractivity contribution in [1.82, 2.24) is 4.98 Å². The number of anilines is 3. The highest BCUT2D eigenvalue weighted by molar-refractivity contribution is 7.25. The SMILES string of the molecule is c1ccc(-c2nc3ccc4ccc5ccc(N(c6ccc7c(c6)oc6ccccc67)c6ccc7sc8ccccc8c7c6)cc5c4c3o2)cc1. The van der Waals surface area contributed by atoms with Crippen molar-refractivity contribution in [2.45, 2.75) is 0 Å². The molecule has 0 aliphatic heterocycles. The van der Waals surface area contributed by atoms with Gasteiger partial charge in [0.25, 0.3) is 0 Å². The van der Waals surface area contributed by atoms with Crippen LogP contribution in [0.25, 0.3) is 86.2 Å². The van der Waals surface area contributed by atoms with Crippen LogP contribution in [0.3, 0.4) is 0 Å². The smallest absolute Gasteiger partial charge is 0.227 e. The number of oxazole rings is 1. The molecule has 0 saturated carbocycles. The van der Waals surface area contributed by atoms with Gasteiger partial charge in [-0.2, -0.15) is 0 Å². The van der Waals surface area contributed by atoms with E-state index >= 15 is 0 Å². The topological polar surface area (TPSA) is 42.4 Å². The van der Waals surface area contributed by atoms with Gasteiger partial charge in [0.05, 0.1) is 0 Å². The van der Waals surface area contributed by atoms with Gasteiger partial charge in [-0.25, -0.2) is 4.98 Å². The van der Waals surface area contributed by atoms with Gasteiger partial charge in [0.15, 0.2) is 5.58 Å². The Morgan fingerprint density at radius 1 is 0.460 bits per heavy atom. The first-order chi connectivity index (χ1) is 24.7. The molecule has 8 aromatic carbocycles. The van der Waals surface area contributed by atoms with Crippen molar-refractivity contribution in [3.8, 4) is 11.5 Å². The zero-order valence-corrected chi connectivity index (χ0v) is 27.4. The van der Waals surface area contributed by atoms with Crippen LogP contribution in [0.5, 0.6) is 0 Å². The summed E-state index contributed by atoms with van der Waals surface area (Å²) in [5.41, 5.74) is 7.49. The Morgan fingerprint density at radius 3 is 2.04 bits per heavy atom. The van der Waals surface area contributed by atoms with Crippen LogP contribution in [-0.4, -0.2) is 4.98 Å². The summed E-state index contributed by atoms with van der Waals surface area (Å²) >= 11 is 1.83. The second-order valence-electron chi connectivity index (χ2n) is 12.8. The number of thiophene rings is 1. The van der Waals surface area contributed by atoms with Crippen LogP contribution in [0.1, 0.15) is 0 Å². The summed E-state index contributed by atoms with van der Waals surface area (Å²) in [5, 5.41) is 9.17. The summed E-state index contributed by atoms with van der Waals surface area (Å²) in [6.07, 6.45) is 0. The average Bonchev–Trinajstić information content (AvgIpc) is 3.88. The Kier molecular flexibility index (Phi) is 5.80. The number of benzene rings is 8. The van der Waals surface area contributed by atoms with E-state index in [1.807, 2.05) is 53.8 Å². The highest BCUT2D eigenvalue weighted by Gasteiger charge is 2.19. The third kappa shape index (κ3) is 4.14. The van der Waals surface area contributed by atoms with E-state index in [0.29, 0.717) is 5.89 Å². The molecule has 5 heteroatoms. The minimum Gasteiger partial charge on any atom is -0.456 e. The van der Waals surface area contributed by atoms with E-state index in [0.717, 1.165) is 77.2 Å². The first kappa shape index (κ1) is 27.5. The van der Waals surface area contributed by atoms with Crippen molar-refractivity contribution in [1.29, 1.82) is 0 Å². The van der Waals surface area contributed by atoms with Crippen molar-refractivity contribution in [2.75, 3.05) is 4.90 Å². The maximum absolute atomic E-state index is 6.57. The van der Waals surface area contributed by atoms with Gasteiger partial charge in [0.1, 0.15) is 16.7 Å². The molecule has 3 aromatic heterocycles. The molecule has 0 bridgehead atoms. The molecule has 0 atom stereocenters. The Balaban J connectivity index is 1.17. The van der Waals surface area contributed by atoms with Gasteiger partial charge in [-0.15, -0.1) is 11.3 Å². The molecule has 234 valence electrons. The van der Waals surface area contributed by atoms with Gasteiger partial charge in [0, 0.05) is 65.0 Å². The van der Waals surface area contributed by atoms with E-state index < -0.39 is 0 Å². The fraction of sp³-hybridized carbons (Fsp3) is 0. The summed E-state index contributed by atoms with van der Waals surface area (Å²) in [6, 6.07) is 55.6. The molecule has 0 unspecified atom stereocenters. The first-order valence-corrected chi connectivity index (χ1v) is 17.5. The molecular formula is C45H26N2O2S. The molecule has 0 amide bonds. The number of hydrogen-bond acceptors (Lipinski definition) is 5. The van der Waals surface area contributed by atoms with Crippen LogP contribution in [0.4, 0.5) is 17.1 Å². The zero-order valence-electron chi connectivity index (χ0n) is 26.6. The van der Waals surface area contributed by atoms with Crippen LogP contribution in [0.15, 0.2) is 167 Å². The molecule has 11 aromatic rings. The van der Waals surface area contributed by atoms with Gasteiger partial charge in [-0.3, -0.25) is 0 Å². The number of aromatic nitrogens is 1. The first-order valence-electron chi connectivity index (χ1n) is 16.7. The van der Waals surface area contributed by atoms with Crippen molar-refractivity contribution < 1.29 is 8.83 Å². The molecular weight excluding hydrogens is 633 g/mol. The van der Waals surface area contributed by atoms with Crippen LogP contribution in [-0.2, 0) is 0 Å². The quantitative estimate of drug-likeness (QED) is 0.177. The number of fused-ring (bicyclic) bond motifs is 11. The Labute approximate surface area is 290 Å². The lowest BCUT2D eigenvalue weighted by Crippen LogP contribution is -2.09. The number of hydrogen-bond donors (Lipinski definition) is 0. The van der Waals surface area contributed by atoms with E-state index in [4.69, 9.17) is 13.8 Å².